The maximum Gasteiger partial charge on any atom is 0.416 e. The number of hydrogen-bond donors (Lipinski definition) is 0. The standard InChI is InChI=1S/C25H20F3N2O/c26-25(27,28)20-7-8-21-18(14-20)6-9-23(24(21)31)30-13-11-22-19(16-30)10-12-29(22)15-17-4-2-1-3-5-17/h1-5,7-8,10-14,16,23H,6,9,15H2/q+1. The lowest BCUT2D eigenvalue weighted by Gasteiger charge is -2.21. The Labute approximate surface area is 177 Å². The first kappa shape index (κ1) is 19.5. The molecule has 156 valence electrons. The monoisotopic (exact) mass is 421 g/mol. The molecule has 4 aromatic rings. The first-order chi connectivity index (χ1) is 14.9. The van der Waals surface area contributed by atoms with Gasteiger partial charge in [-0.2, -0.15) is 17.7 Å². The van der Waals surface area contributed by atoms with E-state index < -0.39 is 17.8 Å². The fourth-order valence-corrected chi connectivity index (χ4v) is 4.38. The van der Waals surface area contributed by atoms with Crippen LogP contribution < -0.4 is 4.57 Å². The Morgan fingerprint density at radius 1 is 1.03 bits per heavy atom. The Morgan fingerprint density at radius 3 is 2.61 bits per heavy atom. The van der Waals surface area contributed by atoms with Gasteiger partial charge in [-0.05, 0) is 35.7 Å². The van der Waals surface area contributed by atoms with E-state index in [1.165, 1.54) is 11.6 Å². The molecule has 5 rings (SSSR count). The van der Waals surface area contributed by atoms with Gasteiger partial charge in [0, 0.05) is 30.8 Å². The molecule has 1 aliphatic rings. The van der Waals surface area contributed by atoms with Gasteiger partial charge in [-0.25, -0.2) is 0 Å². The van der Waals surface area contributed by atoms with Crippen LogP contribution in [0, 0.1) is 0 Å². The third kappa shape index (κ3) is 3.63. The lowest BCUT2D eigenvalue weighted by atomic mass is 9.86. The maximum atomic E-state index is 13.1. The van der Waals surface area contributed by atoms with Crippen molar-refractivity contribution >= 4 is 16.7 Å². The van der Waals surface area contributed by atoms with Crippen LogP contribution in [0.25, 0.3) is 10.9 Å². The van der Waals surface area contributed by atoms with Gasteiger partial charge in [0.05, 0.1) is 16.5 Å². The molecule has 0 fully saturated rings. The minimum absolute atomic E-state index is 0.136. The van der Waals surface area contributed by atoms with Crippen LogP contribution in [-0.4, -0.2) is 10.4 Å². The molecule has 1 unspecified atom stereocenters. The van der Waals surface area contributed by atoms with E-state index in [9.17, 15) is 18.0 Å². The summed E-state index contributed by atoms with van der Waals surface area (Å²) < 4.78 is 43.0. The molecule has 2 aromatic heterocycles. The highest BCUT2D eigenvalue weighted by Gasteiger charge is 2.37. The topological polar surface area (TPSA) is 25.9 Å². The Bertz CT molecular complexity index is 1280. The number of aryl methyl sites for hydroxylation is 1. The second kappa shape index (κ2) is 7.38. The normalized spacial score (nSPS) is 16.5. The highest BCUT2D eigenvalue weighted by molar-refractivity contribution is 6.00. The van der Waals surface area contributed by atoms with Gasteiger partial charge in [0.2, 0.25) is 11.8 Å². The molecule has 1 atom stereocenters. The number of aromatic nitrogens is 2. The van der Waals surface area contributed by atoms with Gasteiger partial charge >= 0.3 is 6.18 Å². The largest absolute Gasteiger partial charge is 0.416 e. The van der Waals surface area contributed by atoms with Crippen molar-refractivity contribution in [1.82, 2.24) is 4.57 Å². The van der Waals surface area contributed by atoms with Crippen molar-refractivity contribution in [3.05, 3.63) is 102 Å². The van der Waals surface area contributed by atoms with Gasteiger partial charge in [-0.1, -0.05) is 36.4 Å². The Kier molecular flexibility index (Phi) is 4.65. The van der Waals surface area contributed by atoms with Gasteiger partial charge < -0.3 is 4.57 Å². The van der Waals surface area contributed by atoms with Crippen molar-refractivity contribution in [2.24, 2.45) is 0 Å². The van der Waals surface area contributed by atoms with Crippen molar-refractivity contribution in [3.63, 3.8) is 0 Å². The zero-order valence-electron chi connectivity index (χ0n) is 16.6. The van der Waals surface area contributed by atoms with Crippen LogP contribution >= 0.6 is 0 Å². The molecule has 3 nitrogen and oxygen atoms in total. The smallest absolute Gasteiger partial charge is 0.343 e. The molecule has 0 saturated carbocycles. The molecule has 0 amide bonds. The molecule has 6 heteroatoms. The molecule has 0 aliphatic heterocycles. The molecule has 0 bridgehead atoms. The minimum atomic E-state index is -4.40. The van der Waals surface area contributed by atoms with Gasteiger partial charge in [0.15, 0.2) is 12.4 Å². The highest BCUT2D eigenvalue weighted by Crippen LogP contribution is 2.34. The summed E-state index contributed by atoms with van der Waals surface area (Å²) in [7, 11) is 0. The SMILES string of the molecule is O=C1c2ccc(C(F)(F)F)cc2CCC1[n+]1ccc2c(ccn2Cc2ccccc2)c1. The third-order valence-corrected chi connectivity index (χ3v) is 5.98. The first-order valence-electron chi connectivity index (χ1n) is 10.2. The molecule has 2 heterocycles. The van der Waals surface area contributed by atoms with E-state index in [0.717, 1.165) is 29.6 Å². The molecule has 2 aromatic carbocycles. The van der Waals surface area contributed by atoms with Crippen LogP contribution in [0.3, 0.4) is 0 Å². The molecule has 0 saturated heterocycles. The second-order valence-corrected chi connectivity index (χ2v) is 7.95. The molecule has 0 radical (unpaired) electrons. The molecular formula is C25H20F3N2O+. The Hall–Kier alpha value is -3.41. The zero-order chi connectivity index (χ0) is 21.6. The summed E-state index contributed by atoms with van der Waals surface area (Å²) >= 11 is 0. The molecule has 1 aliphatic carbocycles. The van der Waals surface area contributed by atoms with E-state index in [-0.39, 0.29) is 5.78 Å². The van der Waals surface area contributed by atoms with Crippen LogP contribution in [0.2, 0.25) is 0 Å². The van der Waals surface area contributed by atoms with Gasteiger partial charge in [-0.3, -0.25) is 4.79 Å². The molecule has 0 spiro atoms. The van der Waals surface area contributed by atoms with Crippen molar-refractivity contribution in [1.29, 1.82) is 0 Å². The lowest BCUT2D eigenvalue weighted by Crippen LogP contribution is -2.45. The van der Waals surface area contributed by atoms with Gasteiger partial charge in [-0.15, -0.1) is 0 Å². The summed E-state index contributed by atoms with van der Waals surface area (Å²) in [4.78, 5) is 13.1. The average Bonchev–Trinajstić information content (AvgIpc) is 3.16. The summed E-state index contributed by atoms with van der Waals surface area (Å²) in [6.45, 7) is 0.756. The number of alkyl halides is 3. The number of ketones is 1. The fourth-order valence-electron chi connectivity index (χ4n) is 4.38. The summed E-state index contributed by atoms with van der Waals surface area (Å²) in [5, 5.41) is 1.02. The quantitative estimate of drug-likeness (QED) is 0.409. The summed E-state index contributed by atoms with van der Waals surface area (Å²) in [5.41, 5.74) is 2.43. The van der Waals surface area contributed by atoms with Crippen molar-refractivity contribution < 1.29 is 22.5 Å². The van der Waals surface area contributed by atoms with Crippen molar-refractivity contribution in [2.75, 3.05) is 0 Å². The lowest BCUT2D eigenvalue weighted by molar-refractivity contribution is -0.707. The van der Waals surface area contributed by atoms with Crippen molar-refractivity contribution in [2.45, 2.75) is 31.6 Å². The minimum Gasteiger partial charge on any atom is -0.343 e. The predicted molar refractivity (Wildman–Crippen MR) is 111 cm³/mol. The number of benzene rings is 2. The number of hydrogen-bond acceptors (Lipinski definition) is 1. The number of nitrogens with zero attached hydrogens (tertiary/aromatic N) is 2. The first-order valence-corrected chi connectivity index (χ1v) is 10.2. The predicted octanol–water partition coefficient (Wildman–Crippen LogP) is 5.37. The van der Waals surface area contributed by atoms with Crippen LogP contribution in [0.15, 0.2) is 79.3 Å². The fraction of sp³-hybridized carbons (Fsp3) is 0.200. The number of carbonyl (C=O) groups is 1. The highest BCUT2D eigenvalue weighted by atomic mass is 19.4. The van der Waals surface area contributed by atoms with E-state index >= 15 is 0 Å². The van der Waals surface area contributed by atoms with E-state index in [2.05, 4.69) is 16.7 Å². The van der Waals surface area contributed by atoms with E-state index in [1.54, 1.807) is 0 Å². The van der Waals surface area contributed by atoms with Crippen LogP contribution in [0.5, 0.6) is 0 Å². The number of rotatable bonds is 3. The Morgan fingerprint density at radius 2 is 1.84 bits per heavy atom. The number of halogens is 3. The van der Waals surface area contributed by atoms with Crippen molar-refractivity contribution in [3.8, 4) is 0 Å². The van der Waals surface area contributed by atoms with E-state index in [0.29, 0.717) is 24.0 Å². The van der Waals surface area contributed by atoms with Crippen LogP contribution in [0.1, 0.15) is 39.5 Å². The second-order valence-electron chi connectivity index (χ2n) is 7.95. The van der Waals surface area contributed by atoms with E-state index in [4.69, 9.17) is 0 Å². The van der Waals surface area contributed by atoms with Crippen LogP contribution in [0.4, 0.5) is 13.2 Å². The summed E-state index contributed by atoms with van der Waals surface area (Å²) in [6, 6.07) is 17.2. The summed E-state index contributed by atoms with van der Waals surface area (Å²) in [5.74, 6) is -0.136. The maximum absolute atomic E-state index is 13.1. The Balaban J connectivity index is 1.43. The van der Waals surface area contributed by atoms with Gasteiger partial charge in [0.1, 0.15) is 0 Å². The van der Waals surface area contributed by atoms with Crippen LogP contribution in [-0.2, 0) is 19.1 Å². The number of carbonyl (C=O) groups excluding carboxylic acids is 1. The number of pyridine rings is 1. The number of fused-ring (bicyclic) bond motifs is 2. The summed E-state index contributed by atoms with van der Waals surface area (Å²) in [6.07, 6.45) is 2.39. The van der Waals surface area contributed by atoms with Gasteiger partial charge in [0.25, 0.3) is 0 Å². The molecule has 0 N–H and O–H groups in total. The molecular weight excluding hydrogens is 401 g/mol. The number of Topliss-reactive ketones (excluding diaryl/α,β-unsaturated/α-hetero) is 1. The molecule has 31 heavy (non-hydrogen) atoms. The average molecular weight is 421 g/mol. The zero-order valence-corrected chi connectivity index (χ0v) is 16.6. The third-order valence-electron chi connectivity index (χ3n) is 5.98. The van der Waals surface area contributed by atoms with E-state index in [1.807, 2.05) is 53.5 Å².